The molecular formula is C15H19NO3. The van der Waals surface area contributed by atoms with E-state index in [1.54, 1.807) is 6.07 Å². The van der Waals surface area contributed by atoms with Gasteiger partial charge in [0, 0.05) is 5.56 Å². The summed E-state index contributed by atoms with van der Waals surface area (Å²) in [6.45, 7) is 2.00. The third kappa shape index (κ3) is 2.95. The highest BCUT2D eigenvalue weighted by atomic mass is 16.4. The van der Waals surface area contributed by atoms with E-state index in [4.69, 9.17) is 5.11 Å². The zero-order valence-corrected chi connectivity index (χ0v) is 11.1. The number of carbonyl (C=O) groups excluding carboxylic acids is 1. The molecule has 0 aliphatic heterocycles. The lowest BCUT2D eigenvalue weighted by atomic mass is 9.74. The summed E-state index contributed by atoms with van der Waals surface area (Å²) in [5.74, 6) is -1.01. The average molecular weight is 261 g/mol. The molecule has 1 saturated carbocycles. The maximum Gasteiger partial charge on any atom is 0.305 e. The van der Waals surface area contributed by atoms with Crippen molar-refractivity contribution in [1.29, 1.82) is 0 Å². The van der Waals surface area contributed by atoms with Crippen LogP contribution in [0, 0.1) is 0 Å². The summed E-state index contributed by atoms with van der Waals surface area (Å²) >= 11 is 0. The van der Waals surface area contributed by atoms with Crippen LogP contribution in [0.2, 0.25) is 0 Å². The quantitative estimate of drug-likeness (QED) is 0.855. The highest BCUT2D eigenvalue weighted by molar-refractivity contribution is 5.96. The normalized spacial score (nSPS) is 16.5. The van der Waals surface area contributed by atoms with Crippen molar-refractivity contribution < 1.29 is 14.7 Å². The minimum atomic E-state index is -0.858. The van der Waals surface area contributed by atoms with E-state index in [1.165, 1.54) is 0 Å². The van der Waals surface area contributed by atoms with Gasteiger partial charge in [-0.1, -0.05) is 25.1 Å². The van der Waals surface area contributed by atoms with Crippen molar-refractivity contribution in [3.8, 4) is 0 Å². The van der Waals surface area contributed by atoms with Gasteiger partial charge in [0.25, 0.3) is 5.91 Å². The van der Waals surface area contributed by atoms with Gasteiger partial charge in [-0.2, -0.15) is 0 Å². The molecule has 1 amide bonds. The Morgan fingerprint density at radius 1 is 1.32 bits per heavy atom. The van der Waals surface area contributed by atoms with Gasteiger partial charge in [0.15, 0.2) is 0 Å². The number of hydrogen-bond acceptors (Lipinski definition) is 2. The van der Waals surface area contributed by atoms with Crippen LogP contribution >= 0.6 is 0 Å². The lowest BCUT2D eigenvalue weighted by molar-refractivity contribution is -0.139. The number of rotatable bonds is 5. The molecule has 0 radical (unpaired) electrons. The van der Waals surface area contributed by atoms with Crippen LogP contribution in [0.5, 0.6) is 0 Å². The summed E-state index contributed by atoms with van der Waals surface area (Å²) < 4.78 is 0. The third-order valence-corrected chi connectivity index (χ3v) is 3.82. The zero-order chi connectivity index (χ0) is 13.9. The molecule has 1 aromatic carbocycles. The SMILES string of the molecule is CCc1ccccc1C(=O)NC1(CC(=O)O)CCC1. The van der Waals surface area contributed by atoms with E-state index in [0.717, 1.165) is 31.2 Å². The molecule has 0 saturated heterocycles. The number of nitrogens with one attached hydrogen (secondary N) is 1. The van der Waals surface area contributed by atoms with Crippen LogP contribution in [0.4, 0.5) is 0 Å². The second-order valence-electron chi connectivity index (χ2n) is 5.17. The Bertz CT molecular complexity index is 492. The molecule has 0 spiro atoms. The molecule has 1 aliphatic rings. The molecule has 1 fully saturated rings. The fourth-order valence-electron chi connectivity index (χ4n) is 2.60. The van der Waals surface area contributed by atoms with Crippen molar-refractivity contribution >= 4 is 11.9 Å². The molecule has 0 aromatic heterocycles. The summed E-state index contributed by atoms with van der Waals surface area (Å²) in [6.07, 6.45) is 3.27. The Kier molecular flexibility index (Phi) is 3.88. The first-order valence-electron chi connectivity index (χ1n) is 6.68. The average Bonchev–Trinajstić information content (AvgIpc) is 2.35. The van der Waals surface area contributed by atoms with E-state index in [-0.39, 0.29) is 12.3 Å². The summed E-state index contributed by atoms with van der Waals surface area (Å²) in [6, 6.07) is 7.46. The van der Waals surface area contributed by atoms with Crippen molar-refractivity contribution in [3.63, 3.8) is 0 Å². The zero-order valence-electron chi connectivity index (χ0n) is 11.1. The lowest BCUT2D eigenvalue weighted by Crippen LogP contribution is -2.54. The topological polar surface area (TPSA) is 66.4 Å². The van der Waals surface area contributed by atoms with Crippen molar-refractivity contribution in [1.82, 2.24) is 5.32 Å². The Morgan fingerprint density at radius 3 is 2.53 bits per heavy atom. The van der Waals surface area contributed by atoms with Gasteiger partial charge in [-0.25, -0.2) is 0 Å². The molecule has 4 nitrogen and oxygen atoms in total. The predicted molar refractivity (Wildman–Crippen MR) is 72.1 cm³/mol. The van der Waals surface area contributed by atoms with Crippen molar-refractivity contribution in [3.05, 3.63) is 35.4 Å². The first-order chi connectivity index (χ1) is 9.06. The molecule has 4 heteroatoms. The van der Waals surface area contributed by atoms with E-state index in [2.05, 4.69) is 5.32 Å². The van der Waals surface area contributed by atoms with Crippen molar-refractivity contribution in [2.75, 3.05) is 0 Å². The number of carbonyl (C=O) groups is 2. The summed E-state index contributed by atoms with van der Waals surface area (Å²) in [5, 5.41) is 11.9. The Balaban J connectivity index is 2.14. The number of hydrogen-bond donors (Lipinski definition) is 2. The van der Waals surface area contributed by atoms with E-state index in [9.17, 15) is 9.59 Å². The monoisotopic (exact) mass is 261 g/mol. The third-order valence-electron chi connectivity index (χ3n) is 3.82. The van der Waals surface area contributed by atoms with Gasteiger partial charge in [-0.05, 0) is 37.3 Å². The van der Waals surface area contributed by atoms with Crippen LogP contribution in [0.15, 0.2) is 24.3 Å². The maximum atomic E-state index is 12.3. The molecule has 2 N–H and O–H groups in total. The van der Waals surface area contributed by atoms with Gasteiger partial charge in [0.1, 0.15) is 0 Å². The fourth-order valence-corrected chi connectivity index (χ4v) is 2.60. The largest absolute Gasteiger partial charge is 0.481 e. The number of benzene rings is 1. The van der Waals surface area contributed by atoms with Crippen LogP contribution in [0.25, 0.3) is 0 Å². The molecule has 1 aliphatic carbocycles. The van der Waals surface area contributed by atoms with E-state index in [0.29, 0.717) is 5.56 Å². The van der Waals surface area contributed by atoms with Crippen LogP contribution in [-0.2, 0) is 11.2 Å². The fraction of sp³-hybridized carbons (Fsp3) is 0.467. The minimum absolute atomic E-state index is 0.00698. The number of carboxylic acids is 1. The van der Waals surface area contributed by atoms with Crippen molar-refractivity contribution in [2.24, 2.45) is 0 Å². The second kappa shape index (κ2) is 5.43. The van der Waals surface area contributed by atoms with Gasteiger partial charge >= 0.3 is 5.97 Å². The molecule has 19 heavy (non-hydrogen) atoms. The molecule has 102 valence electrons. The van der Waals surface area contributed by atoms with E-state index in [1.807, 2.05) is 25.1 Å². The van der Waals surface area contributed by atoms with E-state index >= 15 is 0 Å². The molecule has 0 unspecified atom stereocenters. The predicted octanol–water partition coefficient (Wildman–Crippen LogP) is 2.38. The Hall–Kier alpha value is -1.84. The van der Waals surface area contributed by atoms with E-state index < -0.39 is 11.5 Å². The highest BCUT2D eigenvalue weighted by Gasteiger charge is 2.40. The second-order valence-corrected chi connectivity index (χ2v) is 5.17. The molecule has 0 atom stereocenters. The maximum absolute atomic E-state index is 12.3. The number of aliphatic carboxylic acids is 1. The molecular weight excluding hydrogens is 242 g/mol. The van der Waals surface area contributed by atoms with Crippen molar-refractivity contribution in [2.45, 2.75) is 44.6 Å². The Labute approximate surface area is 112 Å². The summed E-state index contributed by atoms with van der Waals surface area (Å²) in [7, 11) is 0. The first kappa shape index (κ1) is 13.6. The van der Waals surface area contributed by atoms with Gasteiger partial charge in [0.2, 0.25) is 0 Å². The number of amides is 1. The van der Waals surface area contributed by atoms with Crippen LogP contribution < -0.4 is 5.32 Å². The van der Waals surface area contributed by atoms with Crippen LogP contribution in [0.1, 0.15) is 48.5 Å². The number of aryl methyl sites for hydroxylation is 1. The van der Waals surface area contributed by atoms with Gasteiger partial charge < -0.3 is 10.4 Å². The molecule has 0 heterocycles. The Morgan fingerprint density at radius 2 is 2.00 bits per heavy atom. The van der Waals surface area contributed by atoms with Gasteiger partial charge in [-0.3, -0.25) is 9.59 Å². The van der Waals surface area contributed by atoms with Gasteiger partial charge in [-0.15, -0.1) is 0 Å². The number of carboxylic acid groups (broad SMARTS) is 1. The molecule has 1 aromatic rings. The summed E-state index contributed by atoms with van der Waals surface area (Å²) in [5.41, 5.74) is 1.11. The van der Waals surface area contributed by atoms with Gasteiger partial charge in [0.05, 0.1) is 12.0 Å². The highest BCUT2D eigenvalue weighted by Crippen LogP contribution is 2.35. The standard InChI is InChI=1S/C15H19NO3/c1-2-11-6-3-4-7-12(11)14(19)16-15(8-5-9-15)10-13(17)18/h3-4,6-7H,2,5,8-10H2,1H3,(H,16,19)(H,17,18). The first-order valence-corrected chi connectivity index (χ1v) is 6.68. The molecule has 2 rings (SSSR count). The smallest absolute Gasteiger partial charge is 0.305 e. The molecule has 0 bridgehead atoms. The minimum Gasteiger partial charge on any atom is -0.481 e. The van der Waals surface area contributed by atoms with Crippen LogP contribution in [0.3, 0.4) is 0 Å². The van der Waals surface area contributed by atoms with Crippen LogP contribution in [-0.4, -0.2) is 22.5 Å². The lowest BCUT2D eigenvalue weighted by Gasteiger charge is -2.41. The summed E-state index contributed by atoms with van der Waals surface area (Å²) in [4.78, 5) is 23.2.